The van der Waals surface area contributed by atoms with Gasteiger partial charge in [-0.15, -0.1) is 11.8 Å². The number of benzene rings is 1. The van der Waals surface area contributed by atoms with Crippen molar-refractivity contribution in [1.29, 1.82) is 0 Å². The van der Waals surface area contributed by atoms with Gasteiger partial charge in [-0.1, -0.05) is 12.1 Å². The van der Waals surface area contributed by atoms with Crippen molar-refractivity contribution in [1.82, 2.24) is 4.90 Å². The molecule has 1 N–H and O–H groups in total. The van der Waals surface area contributed by atoms with Gasteiger partial charge in [-0.25, -0.2) is 0 Å². The van der Waals surface area contributed by atoms with Crippen LogP contribution in [-0.4, -0.2) is 35.5 Å². The number of hydrogen-bond acceptors (Lipinski definition) is 3. The molecule has 1 heterocycles. The highest BCUT2D eigenvalue weighted by molar-refractivity contribution is 7.98. The molecule has 0 radical (unpaired) electrons. The molecule has 1 aromatic carbocycles. The fourth-order valence-corrected chi connectivity index (χ4v) is 2.57. The first-order valence-electron chi connectivity index (χ1n) is 5.81. The fraction of sp³-hybridized carbons (Fsp3) is 0.538. The van der Waals surface area contributed by atoms with Gasteiger partial charge < -0.3 is 5.11 Å². The van der Waals surface area contributed by atoms with Crippen molar-refractivity contribution in [3.05, 3.63) is 29.8 Å². The van der Waals surface area contributed by atoms with Crippen molar-refractivity contribution in [2.75, 3.05) is 19.3 Å². The van der Waals surface area contributed by atoms with E-state index in [0.717, 1.165) is 32.5 Å². The Bertz CT molecular complexity index is 325. The third-order valence-corrected chi connectivity index (χ3v) is 3.79. The van der Waals surface area contributed by atoms with Crippen LogP contribution in [0.25, 0.3) is 0 Å². The number of aliphatic hydroxyl groups is 1. The van der Waals surface area contributed by atoms with Crippen molar-refractivity contribution < 1.29 is 5.11 Å². The fourth-order valence-electron chi connectivity index (χ4n) is 2.16. The molecule has 0 bridgehead atoms. The van der Waals surface area contributed by atoms with Gasteiger partial charge in [0.15, 0.2) is 0 Å². The third kappa shape index (κ3) is 3.24. The minimum atomic E-state index is -0.126. The second-order valence-corrected chi connectivity index (χ2v) is 5.26. The number of piperidine rings is 1. The maximum Gasteiger partial charge on any atom is 0.0667 e. The number of nitrogens with zero attached hydrogens (tertiary/aromatic N) is 1. The zero-order valence-electron chi connectivity index (χ0n) is 9.72. The van der Waals surface area contributed by atoms with Gasteiger partial charge in [0.1, 0.15) is 0 Å². The second kappa shape index (κ2) is 5.71. The monoisotopic (exact) mass is 237 g/mol. The molecule has 1 aliphatic rings. The van der Waals surface area contributed by atoms with Crippen LogP contribution >= 0.6 is 11.8 Å². The second-order valence-electron chi connectivity index (χ2n) is 4.38. The molecule has 0 aromatic heterocycles. The molecule has 1 aliphatic heterocycles. The van der Waals surface area contributed by atoms with Crippen LogP contribution in [-0.2, 0) is 6.54 Å². The molecule has 1 aromatic rings. The summed E-state index contributed by atoms with van der Waals surface area (Å²) in [6, 6.07) is 8.71. The Labute approximate surface area is 102 Å². The van der Waals surface area contributed by atoms with Crippen LogP contribution in [0.1, 0.15) is 18.4 Å². The number of aliphatic hydroxyl groups excluding tert-OH is 1. The predicted molar refractivity (Wildman–Crippen MR) is 68.7 cm³/mol. The Morgan fingerprint density at radius 2 is 2.12 bits per heavy atom. The van der Waals surface area contributed by atoms with Crippen LogP contribution in [0.3, 0.4) is 0 Å². The molecule has 1 atom stereocenters. The lowest BCUT2D eigenvalue weighted by Crippen LogP contribution is -2.37. The maximum absolute atomic E-state index is 9.59. The summed E-state index contributed by atoms with van der Waals surface area (Å²) in [5, 5.41) is 9.59. The largest absolute Gasteiger partial charge is 0.392 e. The Balaban J connectivity index is 1.92. The Morgan fingerprint density at radius 1 is 1.38 bits per heavy atom. The van der Waals surface area contributed by atoms with Gasteiger partial charge in [0.05, 0.1) is 6.10 Å². The van der Waals surface area contributed by atoms with Gasteiger partial charge in [0.2, 0.25) is 0 Å². The summed E-state index contributed by atoms with van der Waals surface area (Å²) >= 11 is 1.77. The number of β-amino-alcohol motifs (C(OH)–C–C–N with tert-alkyl or cyclic N) is 1. The van der Waals surface area contributed by atoms with Crippen LogP contribution < -0.4 is 0 Å². The van der Waals surface area contributed by atoms with E-state index < -0.39 is 0 Å². The summed E-state index contributed by atoms with van der Waals surface area (Å²) in [5.74, 6) is 0. The summed E-state index contributed by atoms with van der Waals surface area (Å²) in [4.78, 5) is 3.64. The summed E-state index contributed by atoms with van der Waals surface area (Å²) < 4.78 is 0. The Morgan fingerprint density at radius 3 is 2.75 bits per heavy atom. The van der Waals surface area contributed by atoms with Crippen LogP contribution in [0.5, 0.6) is 0 Å². The quantitative estimate of drug-likeness (QED) is 0.816. The van der Waals surface area contributed by atoms with Crippen molar-refractivity contribution in [2.45, 2.75) is 30.4 Å². The lowest BCUT2D eigenvalue weighted by molar-refractivity contribution is 0.0668. The van der Waals surface area contributed by atoms with Crippen molar-refractivity contribution in [3.63, 3.8) is 0 Å². The third-order valence-electron chi connectivity index (χ3n) is 3.05. The number of likely N-dealkylation sites (tertiary alicyclic amines) is 1. The van der Waals surface area contributed by atoms with Crippen LogP contribution in [0.2, 0.25) is 0 Å². The molecule has 0 spiro atoms. The van der Waals surface area contributed by atoms with Crippen LogP contribution in [0.4, 0.5) is 0 Å². The lowest BCUT2D eigenvalue weighted by Gasteiger charge is -2.29. The van der Waals surface area contributed by atoms with Crippen LogP contribution in [0, 0.1) is 0 Å². The normalized spacial score (nSPS) is 22.2. The van der Waals surface area contributed by atoms with E-state index in [-0.39, 0.29) is 6.10 Å². The molecule has 1 saturated heterocycles. The van der Waals surface area contributed by atoms with Gasteiger partial charge in [0.25, 0.3) is 0 Å². The molecule has 1 fully saturated rings. The summed E-state index contributed by atoms with van der Waals surface area (Å²) in [7, 11) is 0. The standard InChI is InChI=1S/C13H19NOS/c1-16-13-6-4-11(5-7-13)9-14-8-2-3-12(15)10-14/h4-7,12,15H,2-3,8-10H2,1H3/t12-/m0/s1. The van der Waals surface area contributed by atoms with Gasteiger partial charge in [-0.3, -0.25) is 4.90 Å². The topological polar surface area (TPSA) is 23.5 Å². The average Bonchev–Trinajstić information content (AvgIpc) is 2.30. The molecule has 0 saturated carbocycles. The molecule has 3 heteroatoms. The maximum atomic E-state index is 9.59. The summed E-state index contributed by atoms with van der Waals surface area (Å²) in [5.41, 5.74) is 1.34. The van der Waals surface area contributed by atoms with Crippen molar-refractivity contribution in [3.8, 4) is 0 Å². The highest BCUT2D eigenvalue weighted by atomic mass is 32.2. The molecule has 88 valence electrons. The number of thioether (sulfide) groups is 1. The molecule has 16 heavy (non-hydrogen) atoms. The molecule has 0 aliphatic carbocycles. The molecule has 2 nitrogen and oxygen atoms in total. The molecule has 0 amide bonds. The predicted octanol–water partition coefficient (Wildman–Crippen LogP) is 2.37. The lowest BCUT2D eigenvalue weighted by atomic mass is 10.1. The minimum Gasteiger partial charge on any atom is -0.392 e. The minimum absolute atomic E-state index is 0.126. The molecule has 0 unspecified atom stereocenters. The van der Waals surface area contributed by atoms with E-state index in [0.29, 0.717) is 0 Å². The highest BCUT2D eigenvalue weighted by Gasteiger charge is 2.17. The molecule has 2 rings (SSSR count). The zero-order valence-corrected chi connectivity index (χ0v) is 10.5. The highest BCUT2D eigenvalue weighted by Crippen LogP contribution is 2.17. The zero-order chi connectivity index (χ0) is 11.4. The van der Waals surface area contributed by atoms with Crippen molar-refractivity contribution in [2.24, 2.45) is 0 Å². The SMILES string of the molecule is CSc1ccc(CN2CCC[C@H](O)C2)cc1. The Hall–Kier alpha value is -0.510. The van der Waals surface area contributed by atoms with E-state index in [4.69, 9.17) is 0 Å². The number of hydrogen-bond donors (Lipinski definition) is 1. The van der Waals surface area contributed by atoms with E-state index in [2.05, 4.69) is 35.4 Å². The van der Waals surface area contributed by atoms with E-state index in [1.807, 2.05) is 0 Å². The van der Waals surface area contributed by atoms with Crippen molar-refractivity contribution >= 4 is 11.8 Å². The van der Waals surface area contributed by atoms with Gasteiger partial charge in [0, 0.05) is 18.0 Å². The van der Waals surface area contributed by atoms with Gasteiger partial charge >= 0.3 is 0 Å². The number of rotatable bonds is 3. The molecular weight excluding hydrogens is 218 g/mol. The first kappa shape index (κ1) is 12.0. The Kier molecular flexibility index (Phi) is 4.27. The van der Waals surface area contributed by atoms with E-state index in [9.17, 15) is 5.11 Å². The van der Waals surface area contributed by atoms with Gasteiger partial charge in [-0.05, 0) is 43.3 Å². The first-order valence-corrected chi connectivity index (χ1v) is 7.04. The van der Waals surface area contributed by atoms with Gasteiger partial charge in [-0.2, -0.15) is 0 Å². The van der Waals surface area contributed by atoms with E-state index in [1.165, 1.54) is 10.5 Å². The summed E-state index contributed by atoms with van der Waals surface area (Å²) in [6.07, 6.45) is 4.04. The van der Waals surface area contributed by atoms with Crippen LogP contribution in [0.15, 0.2) is 29.2 Å². The van der Waals surface area contributed by atoms with E-state index >= 15 is 0 Å². The van der Waals surface area contributed by atoms with E-state index in [1.54, 1.807) is 11.8 Å². The summed E-state index contributed by atoms with van der Waals surface area (Å²) in [6.45, 7) is 2.90. The average molecular weight is 237 g/mol. The smallest absolute Gasteiger partial charge is 0.0667 e. The molecular formula is C13H19NOS. The first-order chi connectivity index (χ1) is 7.78.